The van der Waals surface area contributed by atoms with Gasteiger partial charge in [-0.3, -0.25) is 0 Å². The average Bonchev–Trinajstić information content (AvgIpc) is 2.35. The first-order valence-electron chi connectivity index (χ1n) is 6.27. The van der Waals surface area contributed by atoms with Crippen molar-refractivity contribution in [1.82, 2.24) is 0 Å². The van der Waals surface area contributed by atoms with Gasteiger partial charge in [0.2, 0.25) is 0 Å². The molecule has 0 rings (SSSR count). The second-order valence-corrected chi connectivity index (χ2v) is 4.36. The fraction of sp³-hybridized carbons (Fsp3) is 0.833. The molecule has 100 valence electrons. The van der Waals surface area contributed by atoms with Crippen molar-refractivity contribution < 1.29 is 14.7 Å². The summed E-state index contributed by atoms with van der Waals surface area (Å²) in [6.07, 6.45) is 9.47. The minimum absolute atomic E-state index is 0.333. The zero-order chi connectivity index (χ0) is 12.9. The van der Waals surface area contributed by atoms with E-state index in [1.807, 2.05) is 0 Å². The number of carbonyl (C=O) groups is 1. The van der Waals surface area contributed by atoms with Crippen LogP contribution in [0.5, 0.6) is 0 Å². The van der Waals surface area contributed by atoms with Gasteiger partial charge in [0.25, 0.3) is 5.17 Å². The van der Waals surface area contributed by atoms with Crippen LogP contribution in [0.15, 0.2) is 5.16 Å². The Labute approximate surface area is 108 Å². The summed E-state index contributed by atoms with van der Waals surface area (Å²) < 4.78 is 4.78. The van der Waals surface area contributed by atoms with Gasteiger partial charge in [0.15, 0.2) is 0 Å². The Morgan fingerprint density at radius 3 is 2.18 bits per heavy atom. The molecule has 0 unspecified atom stereocenters. The topological polar surface area (TPSA) is 58.9 Å². The molecule has 17 heavy (non-hydrogen) atoms. The number of unbranched alkanes of at least 4 members (excludes halogenated alkanes) is 7. The van der Waals surface area contributed by atoms with Crippen LogP contribution in [0.4, 0.5) is 0 Å². The van der Waals surface area contributed by atoms with Gasteiger partial charge in [-0.2, -0.15) is 0 Å². The highest BCUT2D eigenvalue weighted by molar-refractivity contribution is 6.81. The molecule has 0 saturated heterocycles. The van der Waals surface area contributed by atoms with Gasteiger partial charge in [-0.05, 0) is 6.42 Å². The Morgan fingerprint density at radius 2 is 1.65 bits per heavy atom. The van der Waals surface area contributed by atoms with Crippen molar-refractivity contribution >= 4 is 22.7 Å². The number of carbonyl (C=O) groups excluding carboxylic acids is 1. The number of nitrogens with zero attached hydrogens (tertiary/aromatic N) is 1. The maximum Gasteiger partial charge on any atom is 0.372 e. The Kier molecular flexibility index (Phi) is 11.2. The maximum absolute atomic E-state index is 10.9. The first kappa shape index (κ1) is 16.2. The molecule has 5 heteroatoms. The number of halogens is 1. The van der Waals surface area contributed by atoms with E-state index in [-0.39, 0.29) is 0 Å². The minimum Gasteiger partial charge on any atom is -0.460 e. The summed E-state index contributed by atoms with van der Waals surface area (Å²) in [5.41, 5.74) is 0. The van der Waals surface area contributed by atoms with Gasteiger partial charge in [-0.1, -0.05) is 68.6 Å². The van der Waals surface area contributed by atoms with Crippen LogP contribution in [0.25, 0.3) is 0 Å². The van der Waals surface area contributed by atoms with E-state index in [9.17, 15) is 4.79 Å². The van der Waals surface area contributed by atoms with Gasteiger partial charge in [0, 0.05) is 0 Å². The minimum atomic E-state index is -0.767. The SMILES string of the molecule is CCCCCCCCCCOC(=O)C(Cl)=NO. The summed E-state index contributed by atoms with van der Waals surface area (Å²) in [5.74, 6) is -0.767. The Hall–Kier alpha value is -0.770. The molecule has 0 spiro atoms. The van der Waals surface area contributed by atoms with Crippen LogP contribution in [0.3, 0.4) is 0 Å². The monoisotopic (exact) mass is 263 g/mol. The van der Waals surface area contributed by atoms with Crippen LogP contribution in [-0.4, -0.2) is 23.0 Å². The molecule has 0 aliphatic heterocycles. The third-order valence-electron chi connectivity index (χ3n) is 2.49. The molecular weight excluding hydrogens is 242 g/mol. The standard InChI is InChI=1S/C12H22ClNO3/c1-2-3-4-5-6-7-8-9-10-17-12(15)11(13)14-16/h16H,2-10H2,1H3. The van der Waals surface area contributed by atoms with Crippen molar-refractivity contribution in [1.29, 1.82) is 0 Å². The van der Waals surface area contributed by atoms with Crippen molar-refractivity contribution in [2.24, 2.45) is 5.16 Å². The summed E-state index contributed by atoms with van der Waals surface area (Å²) >= 11 is 5.25. The van der Waals surface area contributed by atoms with E-state index in [2.05, 4.69) is 12.1 Å². The second kappa shape index (κ2) is 11.7. The largest absolute Gasteiger partial charge is 0.460 e. The Bertz CT molecular complexity index is 232. The highest BCUT2D eigenvalue weighted by Crippen LogP contribution is 2.08. The van der Waals surface area contributed by atoms with Gasteiger partial charge in [0.05, 0.1) is 6.61 Å². The van der Waals surface area contributed by atoms with E-state index in [1.54, 1.807) is 0 Å². The summed E-state index contributed by atoms with van der Waals surface area (Å²) in [6, 6.07) is 0. The lowest BCUT2D eigenvalue weighted by Crippen LogP contribution is -2.13. The molecule has 0 radical (unpaired) electrons. The molecule has 0 atom stereocenters. The highest BCUT2D eigenvalue weighted by atomic mass is 35.5. The van der Waals surface area contributed by atoms with Crippen LogP contribution in [0.1, 0.15) is 58.3 Å². The van der Waals surface area contributed by atoms with Crippen molar-refractivity contribution in [3.63, 3.8) is 0 Å². The van der Waals surface area contributed by atoms with E-state index in [4.69, 9.17) is 21.5 Å². The molecule has 0 saturated carbocycles. The predicted molar refractivity (Wildman–Crippen MR) is 68.6 cm³/mol. The smallest absolute Gasteiger partial charge is 0.372 e. The number of rotatable bonds is 10. The van der Waals surface area contributed by atoms with Gasteiger partial charge < -0.3 is 9.94 Å². The fourth-order valence-corrected chi connectivity index (χ4v) is 1.56. The van der Waals surface area contributed by atoms with E-state index in [0.717, 1.165) is 12.8 Å². The van der Waals surface area contributed by atoms with E-state index in [0.29, 0.717) is 6.61 Å². The van der Waals surface area contributed by atoms with Gasteiger partial charge in [-0.15, -0.1) is 0 Å². The molecule has 0 aromatic rings. The van der Waals surface area contributed by atoms with E-state index < -0.39 is 11.1 Å². The predicted octanol–water partition coefficient (Wildman–Crippen LogP) is 3.70. The van der Waals surface area contributed by atoms with Crippen LogP contribution in [-0.2, 0) is 9.53 Å². The van der Waals surface area contributed by atoms with Crippen molar-refractivity contribution in [3.8, 4) is 0 Å². The summed E-state index contributed by atoms with van der Waals surface area (Å²) in [4.78, 5) is 10.9. The number of ether oxygens (including phenoxy) is 1. The number of esters is 1. The maximum atomic E-state index is 10.9. The third kappa shape index (κ3) is 10.1. The van der Waals surface area contributed by atoms with Crippen molar-refractivity contribution in [3.05, 3.63) is 0 Å². The van der Waals surface area contributed by atoms with Crippen LogP contribution in [0, 0.1) is 0 Å². The van der Waals surface area contributed by atoms with Crippen LogP contribution in [0.2, 0.25) is 0 Å². The average molecular weight is 264 g/mol. The molecule has 0 aliphatic rings. The summed E-state index contributed by atoms with van der Waals surface area (Å²) in [5, 5.41) is 10.2. The molecule has 0 aliphatic carbocycles. The molecular formula is C12H22ClNO3. The van der Waals surface area contributed by atoms with E-state index in [1.165, 1.54) is 38.5 Å². The van der Waals surface area contributed by atoms with Gasteiger partial charge in [0.1, 0.15) is 0 Å². The zero-order valence-electron chi connectivity index (χ0n) is 10.5. The first-order chi connectivity index (χ1) is 8.22. The lowest BCUT2D eigenvalue weighted by atomic mass is 10.1. The fourth-order valence-electron chi connectivity index (χ4n) is 1.50. The van der Waals surface area contributed by atoms with Gasteiger partial charge in [-0.25, -0.2) is 4.79 Å². The molecule has 0 aromatic heterocycles. The summed E-state index contributed by atoms with van der Waals surface area (Å²) in [7, 11) is 0. The molecule has 0 heterocycles. The quantitative estimate of drug-likeness (QED) is 0.215. The highest BCUT2D eigenvalue weighted by Gasteiger charge is 2.09. The van der Waals surface area contributed by atoms with Gasteiger partial charge >= 0.3 is 5.97 Å². The second-order valence-electron chi connectivity index (χ2n) is 4.00. The Morgan fingerprint density at radius 1 is 1.12 bits per heavy atom. The first-order valence-corrected chi connectivity index (χ1v) is 6.64. The zero-order valence-corrected chi connectivity index (χ0v) is 11.2. The van der Waals surface area contributed by atoms with Crippen molar-refractivity contribution in [2.75, 3.05) is 6.61 Å². The van der Waals surface area contributed by atoms with Crippen molar-refractivity contribution in [2.45, 2.75) is 58.3 Å². The lowest BCUT2D eigenvalue weighted by Gasteiger charge is -2.03. The number of hydrogen-bond donors (Lipinski definition) is 1. The lowest BCUT2D eigenvalue weighted by molar-refractivity contribution is -0.135. The molecule has 0 aromatic carbocycles. The van der Waals surface area contributed by atoms with Crippen LogP contribution < -0.4 is 0 Å². The summed E-state index contributed by atoms with van der Waals surface area (Å²) in [6.45, 7) is 2.54. The molecule has 0 amide bonds. The molecule has 4 nitrogen and oxygen atoms in total. The molecule has 0 bridgehead atoms. The molecule has 1 N–H and O–H groups in total. The number of hydrogen-bond acceptors (Lipinski definition) is 4. The number of oxime groups is 1. The molecule has 0 fully saturated rings. The van der Waals surface area contributed by atoms with E-state index >= 15 is 0 Å². The normalized spacial score (nSPS) is 11.5. The Balaban J connectivity index is 3.21. The van der Waals surface area contributed by atoms with Crippen LogP contribution >= 0.6 is 11.6 Å². The third-order valence-corrected chi connectivity index (χ3v) is 2.72.